The first kappa shape index (κ1) is 13.5. The second-order valence-corrected chi connectivity index (χ2v) is 3.97. The van der Waals surface area contributed by atoms with Gasteiger partial charge in [0.15, 0.2) is 0 Å². The van der Waals surface area contributed by atoms with Crippen molar-refractivity contribution in [3.05, 3.63) is 29.8 Å². The van der Waals surface area contributed by atoms with Gasteiger partial charge in [-0.2, -0.15) is 0 Å². The van der Waals surface area contributed by atoms with Crippen LogP contribution in [0.15, 0.2) is 24.3 Å². The van der Waals surface area contributed by atoms with E-state index >= 15 is 0 Å². The van der Waals surface area contributed by atoms with Crippen LogP contribution in [0.5, 0.6) is 5.75 Å². The van der Waals surface area contributed by atoms with E-state index in [9.17, 15) is 4.79 Å². The SMILES string of the molecule is CNC(=O)CNC(C)Cc1ccccc1OC. The van der Waals surface area contributed by atoms with Crippen LogP contribution in [0.25, 0.3) is 0 Å². The summed E-state index contributed by atoms with van der Waals surface area (Å²) in [5.41, 5.74) is 1.15. The maximum absolute atomic E-state index is 11.1. The van der Waals surface area contributed by atoms with Crippen molar-refractivity contribution in [1.29, 1.82) is 0 Å². The molecule has 0 bridgehead atoms. The fourth-order valence-electron chi connectivity index (χ4n) is 1.63. The molecule has 0 fully saturated rings. The fraction of sp³-hybridized carbons (Fsp3) is 0.462. The molecule has 2 N–H and O–H groups in total. The molecule has 0 saturated heterocycles. The van der Waals surface area contributed by atoms with Gasteiger partial charge in [-0.3, -0.25) is 4.79 Å². The molecule has 0 aliphatic carbocycles. The zero-order valence-corrected chi connectivity index (χ0v) is 10.6. The van der Waals surface area contributed by atoms with E-state index in [1.54, 1.807) is 14.2 Å². The normalized spacial score (nSPS) is 11.9. The predicted octanol–water partition coefficient (Wildman–Crippen LogP) is 0.962. The molecule has 1 atom stereocenters. The van der Waals surface area contributed by atoms with Crippen LogP contribution in [-0.2, 0) is 11.2 Å². The quantitative estimate of drug-likeness (QED) is 0.773. The Labute approximate surface area is 102 Å². The number of methoxy groups -OCH3 is 1. The number of hydrogen-bond donors (Lipinski definition) is 2. The molecule has 94 valence electrons. The summed E-state index contributed by atoms with van der Waals surface area (Å²) in [5, 5.41) is 5.75. The summed E-state index contributed by atoms with van der Waals surface area (Å²) in [5.74, 6) is 0.887. The van der Waals surface area contributed by atoms with Crippen LogP contribution in [0.1, 0.15) is 12.5 Å². The van der Waals surface area contributed by atoms with Gasteiger partial charge in [-0.1, -0.05) is 18.2 Å². The molecular formula is C13H20N2O2. The number of benzene rings is 1. The van der Waals surface area contributed by atoms with E-state index in [1.807, 2.05) is 24.3 Å². The van der Waals surface area contributed by atoms with Gasteiger partial charge in [0.2, 0.25) is 5.91 Å². The van der Waals surface area contributed by atoms with Gasteiger partial charge in [0.1, 0.15) is 5.75 Å². The number of nitrogens with one attached hydrogen (secondary N) is 2. The van der Waals surface area contributed by atoms with E-state index in [-0.39, 0.29) is 11.9 Å². The molecule has 1 unspecified atom stereocenters. The molecule has 0 spiro atoms. The van der Waals surface area contributed by atoms with Crippen molar-refractivity contribution in [3.8, 4) is 5.75 Å². The molecule has 1 aromatic carbocycles. The van der Waals surface area contributed by atoms with Crippen LogP contribution >= 0.6 is 0 Å². The van der Waals surface area contributed by atoms with Gasteiger partial charge in [0, 0.05) is 13.1 Å². The van der Waals surface area contributed by atoms with Crippen molar-refractivity contribution in [2.75, 3.05) is 20.7 Å². The van der Waals surface area contributed by atoms with E-state index < -0.39 is 0 Å². The number of ether oxygens (including phenoxy) is 1. The van der Waals surface area contributed by atoms with E-state index in [0.29, 0.717) is 6.54 Å². The standard InChI is InChI=1S/C13H20N2O2/c1-10(15-9-13(16)14-2)8-11-6-4-5-7-12(11)17-3/h4-7,10,15H,8-9H2,1-3H3,(H,14,16). The van der Waals surface area contributed by atoms with Crippen LogP contribution in [0.2, 0.25) is 0 Å². The molecule has 4 heteroatoms. The Kier molecular flexibility index (Phi) is 5.49. The third-order valence-electron chi connectivity index (χ3n) is 2.61. The molecule has 0 aliphatic rings. The maximum atomic E-state index is 11.1. The van der Waals surface area contributed by atoms with Crippen LogP contribution in [0.4, 0.5) is 0 Å². The second kappa shape index (κ2) is 6.91. The lowest BCUT2D eigenvalue weighted by atomic mass is 10.1. The number of rotatable bonds is 6. The number of carbonyl (C=O) groups is 1. The fourth-order valence-corrected chi connectivity index (χ4v) is 1.63. The number of carbonyl (C=O) groups excluding carboxylic acids is 1. The highest BCUT2D eigenvalue weighted by Gasteiger charge is 2.08. The van der Waals surface area contributed by atoms with Crippen molar-refractivity contribution in [2.45, 2.75) is 19.4 Å². The average Bonchev–Trinajstić information content (AvgIpc) is 2.36. The van der Waals surface area contributed by atoms with Crippen molar-refractivity contribution in [3.63, 3.8) is 0 Å². The summed E-state index contributed by atoms with van der Waals surface area (Å²) < 4.78 is 5.29. The monoisotopic (exact) mass is 236 g/mol. The number of para-hydroxylation sites is 1. The van der Waals surface area contributed by atoms with Crippen LogP contribution in [-0.4, -0.2) is 32.7 Å². The largest absolute Gasteiger partial charge is 0.496 e. The molecule has 1 amide bonds. The zero-order valence-electron chi connectivity index (χ0n) is 10.6. The summed E-state index contributed by atoms with van der Waals surface area (Å²) in [6.07, 6.45) is 0.834. The van der Waals surface area contributed by atoms with E-state index in [0.717, 1.165) is 17.7 Å². The van der Waals surface area contributed by atoms with Gasteiger partial charge in [0.05, 0.1) is 13.7 Å². The summed E-state index contributed by atoms with van der Waals surface area (Å²) in [6, 6.07) is 8.15. The highest BCUT2D eigenvalue weighted by Crippen LogP contribution is 2.18. The lowest BCUT2D eigenvalue weighted by Crippen LogP contribution is -2.37. The Morgan fingerprint density at radius 2 is 2.12 bits per heavy atom. The number of amides is 1. The summed E-state index contributed by atoms with van der Waals surface area (Å²) in [7, 11) is 3.30. The number of likely N-dealkylation sites (N-methyl/N-ethyl adjacent to an activating group) is 1. The van der Waals surface area contributed by atoms with Crippen molar-refractivity contribution >= 4 is 5.91 Å². The molecule has 0 saturated carbocycles. The molecule has 0 heterocycles. The van der Waals surface area contributed by atoms with Gasteiger partial charge in [-0.15, -0.1) is 0 Å². The van der Waals surface area contributed by atoms with Gasteiger partial charge >= 0.3 is 0 Å². The van der Waals surface area contributed by atoms with Gasteiger partial charge in [-0.25, -0.2) is 0 Å². The highest BCUT2D eigenvalue weighted by molar-refractivity contribution is 5.77. The van der Waals surface area contributed by atoms with Gasteiger partial charge in [-0.05, 0) is 25.0 Å². The highest BCUT2D eigenvalue weighted by atomic mass is 16.5. The van der Waals surface area contributed by atoms with Crippen molar-refractivity contribution in [1.82, 2.24) is 10.6 Å². The Hall–Kier alpha value is -1.55. The zero-order chi connectivity index (χ0) is 12.7. The van der Waals surface area contributed by atoms with Gasteiger partial charge < -0.3 is 15.4 Å². The van der Waals surface area contributed by atoms with Crippen molar-refractivity contribution in [2.24, 2.45) is 0 Å². The minimum absolute atomic E-state index is 0.00289. The molecule has 1 rings (SSSR count). The number of hydrogen-bond acceptors (Lipinski definition) is 3. The van der Waals surface area contributed by atoms with Crippen molar-refractivity contribution < 1.29 is 9.53 Å². The van der Waals surface area contributed by atoms with E-state index in [4.69, 9.17) is 4.74 Å². The Morgan fingerprint density at radius 1 is 1.41 bits per heavy atom. The topological polar surface area (TPSA) is 50.4 Å². The maximum Gasteiger partial charge on any atom is 0.233 e. The third kappa shape index (κ3) is 4.44. The summed E-state index contributed by atoms with van der Waals surface area (Å²) in [4.78, 5) is 11.1. The van der Waals surface area contributed by atoms with Crippen LogP contribution < -0.4 is 15.4 Å². The minimum Gasteiger partial charge on any atom is -0.496 e. The minimum atomic E-state index is -0.00289. The Bertz CT molecular complexity index is 366. The lowest BCUT2D eigenvalue weighted by Gasteiger charge is -2.15. The third-order valence-corrected chi connectivity index (χ3v) is 2.61. The first-order valence-corrected chi connectivity index (χ1v) is 5.73. The molecule has 4 nitrogen and oxygen atoms in total. The molecule has 1 aromatic rings. The average molecular weight is 236 g/mol. The van der Waals surface area contributed by atoms with Crippen LogP contribution in [0, 0.1) is 0 Å². The van der Waals surface area contributed by atoms with E-state index in [1.165, 1.54) is 0 Å². The Morgan fingerprint density at radius 3 is 2.76 bits per heavy atom. The molecule has 0 radical (unpaired) electrons. The first-order valence-electron chi connectivity index (χ1n) is 5.73. The molecular weight excluding hydrogens is 216 g/mol. The molecule has 0 aromatic heterocycles. The first-order chi connectivity index (χ1) is 8.17. The summed E-state index contributed by atoms with van der Waals surface area (Å²) in [6.45, 7) is 2.39. The molecule has 17 heavy (non-hydrogen) atoms. The molecule has 0 aliphatic heterocycles. The Balaban J connectivity index is 2.50. The summed E-state index contributed by atoms with van der Waals surface area (Å²) >= 11 is 0. The van der Waals surface area contributed by atoms with Crippen LogP contribution in [0.3, 0.4) is 0 Å². The van der Waals surface area contributed by atoms with Gasteiger partial charge in [0.25, 0.3) is 0 Å². The smallest absolute Gasteiger partial charge is 0.233 e. The predicted molar refractivity (Wildman–Crippen MR) is 68.2 cm³/mol. The van der Waals surface area contributed by atoms with E-state index in [2.05, 4.69) is 17.6 Å². The lowest BCUT2D eigenvalue weighted by molar-refractivity contribution is -0.119. The second-order valence-electron chi connectivity index (χ2n) is 3.97.